The minimum atomic E-state index is 0.529. The molecular weight excluding hydrogens is 220 g/mol. The molecule has 0 spiro atoms. The molecule has 3 nitrogen and oxygen atoms in total. The van der Waals surface area contributed by atoms with Gasteiger partial charge in [0.05, 0.1) is 18.9 Å². The Morgan fingerprint density at radius 3 is 2.56 bits per heavy atom. The summed E-state index contributed by atoms with van der Waals surface area (Å²) in [5.41, 5.74) is 1.29. The second kappa shape index (κ2) is 5.15. The van der Waals surface area contributed by atoms with Gasteiger partial charge < -0.3 is 9.64 Å². The highest BCUT2D eigenvalue weighted by atomic mass is 32.1. The van der Waals surface area contributed by atoms with Crippen LogP contribution in [0.2, 0.25) is 0 Å². The molecule has 0 unspecified atom stereocenters. The molecule has 4 heteroatoms. The normalized spacial score (nSPS) is 17.1. The summed E-state index contributed by atoms with van der Waals surface area (Å²) < 4.78 is 5.37. The Morgan fingerprint density at radius 2 is 2.06 bits per heavy atom. The Balaban J connectivity index is 2.20. The van der Waals surface area contributed by atoms with Crippen LogP contribution in [0.15, 0.2) is 0 Å². The van der Waals surface area contributed by atoms with Gasteiger partial charge in [0.25, 0.3) is 0 Å². The minimum Gasteiger partial charge on any atom is -0.378 e. The predicted molar refractivity (Wildman–Crippen MR) is 68.6 cm³/mol. The van der Waals surface area contributed by atoms with Crippen molar-refractivity contribution in [2.45, 2.75) is 33.1 Å². The molecule has 16 heavy (non-hydrogen) atoms. The highest BCUT2D eigenvalue weighted by molar-refractivity contribution is 7.15. The highest BCUT2D eigenvalue weighted by Crippen LogP contribution is 2.31. The van der Waals surface area contributed by atoms with Crippen LogP contribution in [0.5, 0.6) is 0 Å². The molecule has 0 N–H and O–H groups in total. The molecule has 0 saturated carbocycles. The molecule has 90 valence electrons. The molecular formula is C12H20N2OS. The zero-order valence-electron chi connectivity index (χ0n) is 10.3. The average molecular weight is 240 g/mol. The third-order valence-electron chi connectivity index (χ3n) is 2.87. The first-order chi connectivity index (χ1) is 7.72. The van der Waals surface area contributed by atoms with Gasteiger partial charge in [0.15, 0.2) is 5.13 Å². The SMILES string of the molecule is CCc1sc(N2CCOCC2)nc1C(C)C. The number of rotatable bonds is 3. The van der Waals surface area contributed by atoms with Crippen LogP contribution in [0.25, 0.3) is 0 Å². The number of ether oxygens (including phenoxy) is 1. The average Bonchev–Trinajstić information content (AvgIpc) is 2.74. The van der Waals surface area contributed by atoms with E-state index in [2.05, 4.69) is 25.7 Å². The summed E-state index contributed by atoms with van der Waals surface area (Å²) in [4.78, 5) is 8.58. The fourth-order valence-corrected chi connectivity index (χ4v) is 3.15. The van der Waals surface area contributed by atoms with Crippen LogP contribution in [-0.4, -0.2) is 31.3 Å². The quantitative estimate of drug-likeness (QED) is 0.812. The number of hydrogen-bond acceptors (Lipinski definition) is 4. The largest absolute Gasteiger partial charge is 0.378 e. The Labute approximate surface area is 101 Å². The van der Waals surface area contributed by atoms with Crippen molar-refractivity contribution < 1.29 is 4.74 Å². The molecule has 1 aromatic heterocycles. The maximum Gasteiger partial charge on any atom is 0.185 e. The van der Waals surface area contributed by atoms with E-state index in [9.17, 15) is 0 Å². The van der Waals surface area contributed by atoms with Crippen molar-refractivity contribution in [3.63, 3.8) is 0 Å². The van der Waals surface area contributed by atoms with Crippen molar-refractivity contribution in [1.29, 1.82) is 0 Å². The van der Waals surface area contributed by atoms with E-state index < -0.39 is 0 Å². The fourth-order valence-electron chi connectivity index (χ4n) is 1.94. The first-order valence-corrected chi connectivity index (χ1v) is 6.86. The summed E-state index contributed by atoms with van der Waals surface area (Å²) >= 11 is 1.85. The van der Waals surface area contributed by atoms with Crippen LogP contribution in [0, 0.1) is 0 Å². The summed E-state index contributed by atoms with van der Waals surface area (Å²) in [5, 5.41) is 1.18. The van der Waals surface area contributed by atoms with Gasteiger partial charge in [-0.25, -0.2) is 4.98 Å². The van der Waals surface area contributed by atoms with Gasteiger partial charge in [0, 0.05) is 18.0 Å². The van der Waals surface area contributed by atoms with Gasteiger partial charge in [0.1, 0.15) is 0 Å². The van der Waals surface area contributed by atoms with E-state index in [1.165, 1.54) is 15.7 Å². The summed E-state index contributed by atoms with van der Waals surface area (Å²) in [6, 6.07) is 0. The standard InChI is InChI=1S/C12H20N2OS/c1-4-10-11(9(2)3)13-12(16-10)14-5-7-15-8-6-14/h9H,4-8H2,1-3H3. The lowest BCUT2D eigenvalue weighted by Crippen LogP contribution is -2.36. The van der Waals surface area contributed by atoms with Crippen LogP contribution >= 0.6 is 11.3 Å². The lowest BCUT2D eigenvalue weighted by Gasteiger charge is -2.26. The van der Waals surface area contributed by atoms with Crippen molar-refractivity contribution in [2.24, 2.45) is 0 Å². The second-order valence-electron chi connectivity index (χ2n) is 4.41. The summed E-state index contributed by atoms with van der Waals surface area (Å²) in [5.74, 6) is 0.529. The first-order valence-electron chi connectivity index (χ1n) is 6.04. The molecule has 0 radical (unpaired) electrons. The number of anilines is 1. The van der Waals surface area contributed by atoms with E-state index in [1.54, 1.807) is 0 Å². The molecule has 1 aliphatic heterocycles. The van der Waals surface area contributed by atoms with Crippen LogP contribution in [0.3, 0.4) is 0 Å². The van der Waals surface area contributed by atoms with Gasteiger partial charge in [0.2, 0.25) is 0 Å². The Hall–Kier alpha value is -0.610. The fraction of sp³-hybridized carbons (Fsp3) is 0.750. The Morgan fingerprint density at radius 1 is 1.38 bits per heavy atom. The van der Waals surface area contributed by atoms with Gasteiger partial charge in [-0.3, -0.25) is 0 Å². The van der Waals surface area contributed by atoms with Crippen molar-refractivity contribution in [2.75, 3.05) is 31.2 Å². The van der Waals surface area contributed by atoms with Crippen LogP contribution in [0.4, 0.5) is 5.13 Å². The number of hydrogen-bond donors (Lipinski definition) is 0. The van der Waals surface area contributed by atoms with Gasteiger partial charge in [-0.1, -0.05) is 20.8 Å². The molecule has 0 aliphatic carbocycles. The van der Waals surface area contributed by atoms with Crippen molar-refractivity contribution in [3.05, 3.63) is 10.6 Å². The topological polar surface area (TPSA) is 25.4 Å². The third kappa shape index (κ3) is 2.38. The number of aryl methyl sites for hydroxylation is 1. The zero-order chi connectivity index (χ0) is 11.5. The molecule has 1 fully saturated rings. The lowest BCUT2D eigenvalue weighted by molar-refractivity contribution is 0.122. The van der Waals surface area contributed by atoms with Gasteiger partial charge in [-0.15, -0.1) is 11.3 Å². The van der Waals surface area contributed by atoms with E-state index in [0.717, 1.165) is 32.7 Å². The van der Waals surface area contributed by atoms with Gasteiger partial charge >= 0.3 is 0 Å². The monoisotopic (exact) mass is 240 g/mol. The van der Waals surface area contributed by atoms with E-state index >= 15 is 0 Å². The smallest absolute Gasteiger partial charge is 0.185 e. The van der Waals surface area contributed by atoms with E-state index in [-0.39, 0.29) is 0 Å². The molecule has 1 aliphatic rings. The number of aromatic nitrogens is 1. The maximum atomic E-state index is 5.37. The Bertz CT molecular complexity index is 343. The van der Waals surface area contributed by atoms with Crippen molar-refractivity contribution in [1.82, 2.24) is 4.98 Å². The molecule has 1 aromatic rings. The molecule has 0 amide bonds. The summed E-state index contributed by atoms with van der Waals surface area (Å²) in [6.07, 6.45) is 1.09. The number of morpholine rings is 1. The van der Waals surface area contributed by atoms with Gasteiger partial charge in [-0.2, -0.15) is 0 Å². The molecule has 2 rings (SSSR count). The molecule has 2 heterocycles. The summed E-state index contributed by atoms with van der Waals surface area (Å²) in [7, 11) is 0. The van der Waals surface area contributed by atoms with Crippen molar-refractivity contribution >= 4 is 16.5 Å². The lowest BCUT2D eigenvalue weighted by atomic mass is 10.1. The summed E-state index contributed by atoms with van der Waals surface area (Å²) in [6.45, 7) is 10.3. The van der Waals surface area contributed by atoms with E-state index in [0.29, 0.717) is 5.92 Å². The number of thiazole rings is 1. The van der Waals surface area contributed by atoms with Crippen LogP contribution in [-0.2, 0) is 11.2 Å². The predicted octanol–water partition coefficient (Wildman–Crippen LogP) is 2.67. The molecule has 0 aromatic carbocycles. The minimum absolute atomic E-state index is 0.529. The molecule has 1 saturated heterocycles. The van der Waals surface area contributed by atoms with Crippen molar-refractivity contribution in [3.8, 4) is 0 Å². The third-order valence-corrected chi connectivity index (χ3v) is 4.14. The van der Waals surface area contributed by atoms with Crippen LogP contribution in [0.1, 0.15) is 37.3 Å². The molecule has 0 bridgehead atoms. The first kappa shape index (κ1) is 11.9. The molecule has 0 atom stereocenters. The second-order valence-corrected chi connectivity index (χ2v) is 5.47. The van der Waals surface area contributed by atoms with Gasteiger partial charge in [-0.05, 0) is 12.3 Å². The van der Waals surface area contributed by atoms with E-state index in [4.69, 9.17) is 9.72 Å². The van der Waals surface area contributed by atoms with Crippen LogP contribution < -0.4 is 4.90 Å². The van der Waals surface area contributed by atoms with E-state index in [1.807, 2.05) is 11.3 Å². The maximum absolute atomic E-state index is 5.37. The Kier molecular flexibility index (Phi) is 3.82. The number of nitrogens with zero attached hydrogens (tertiary/aromatic N) is 2. The zero-order valence-corrected chi connectivity index (χ0v) is 11.1. The highest BCUT2D eigenvalue weighted by Gasteiger charge is 2.18.